The van der Waals surface area contributed by atoms with Crippen molar-refractivity contribution >= 4 is 30.0 Å². The number of rotatable bonds is 15. The van der Waals surface area contributed by atoms with Gasteiger partial charge in [0.2, 0.25) is 5.76 Å². The van der Waals surface area contributed by atoms with E-state index in [2.05, 4.69) is 17.0 Å². The van der Waals surface area contributed by atoms with Gasteiger partial charge in [0.25, 0.3) is 5.91 Å². The van der Waals surface area contributed by atoms with Crippen molar-refractivity contribution in [2.45, 2.75) is 44.9 Å². The number of carbonyl (C=O) groups excluding carboxylic acids is 1. The van der Waals surface area contributed by atoms with E-state index in [0.717, 1.165) is 24.8 Å². The predicted molar refractivity (Wildman–Crippen MR) is 144 cm³/mol. The van der Waals surface area contributed by atoms with E-state index in [1.54, 1.807) is 12.1 Å². The van der Waals surface area contributed by atoms with E-state index in [1.807, 2.05) is 48.3 Å². The highest BCUT2D eigenvalue weighted by Gasteiger charge is 2.39. The molecule has 1 aromatic carbocycles. The van der Waals surface area contributed by atoms with E-state index < -0.39 is 5.97 Å². The highest BCUT2D eigenvalue weighted by molar-refractivity contribution is 7.96. The maximum absolute atomic E-state index is 13.2. The number of carboxylic acid groups (broad SMARTS) is 1. The first-order chi connectivity index (χ1) is 17.3. The first-order valence-corrected chi connectivity index (χ1v) is 13.3. The Morgan fingerprint density at radius 2 is 2.03 bits per heavy atom. The molecule has 0 aliphatic heterocycles. The van der Waals surface area contributed by atoms with Crippen molar-refractivity contribution in [3.05, 3.63) is 71.2 Å². The molecule has 0 heterocycles. The molecule has 1 unspecified atom stereocenters. The van der Waals surface area contributed by atoms with Crippen LogP contribution in [0.15, 0.2) is 60.0 Å². The maximum atomic E-state index is 13.2. The highest BCUT2D eigenvalue weighted by atomic mass is 32.2. The van der Waals surface area contributed by atoms with Crippen LogP contribution < -0.4 is 10.0 Å². The Morgan fingerprint density at radius 3 is 2.61 bits per heavy atom. The van der Waals surface area contributed by atoms with Crippen LogP contribution in [0.4, 0.5) is 0 Å². The molecular weight excluding hydrogens is 476 g/mol. The monoisotopic (exact) mass is 512 g/mol. The quantitative estimate of drug-likeness (QED) is 0.0919. The van der Waals surface area contributed by atoms with E-state index >= 15 is 0 Å². The van der Waals surface area contributed by atoms with Crippen LogP contribution in [-0.2, 0) is 15.3 Å². The van der Waals surface area contributed by atoms with Crippen LogP contribution in [0, 0.1) is 10.8 Å². The van der Waals surface area contributed by atoms with Gasteiger partial charge in [-0.3, -0.25) is 9.52 Å². The summed E-state index contributed by atoms with van der Waals surface area (Å²) in [4.78, 5) is 26.2. The molecule has 8 nitrogen and oxygen atoms in total. The second-order valence-corrected chi connectivity index (χ2v) is 10.2. The number of nitrogens with zero attached hydrogens (tertiary/aromatic N) is 1. The van der Waals surface area contributed by atoms with Crippen LogP contribution in [0.5, 0.6) is 0 Å². The van der Waals surface area contributed by atoms with Crippen LogP contribution in [0.3, 0.4) is 0 Å². The topological polar surface area (TPSA) is 115 Å². The summed E-state index contributed by atoms with van der Waals surface area (Å²) >= 11 is 1.53. The lowest BCUT2D eigenvalue weighted by atomic mass is 10.1. The van der Waals surface area contributed by atoms with Crippen molar-refractivity contribution < 1.29 is 19.4 Å². The molecule has 1 saturated carbocycles. The molecule has 9 heteroatoms. The molecule has 0 bridgehead atoms. The van der Waals surface area contributed by atoms with Gasteiger partial charge in [0.15, 0.2) is 0 Å². The fraction of sp³-hybridized carbons (Fsp3) is 0.444. The van der Waals surface area contributed by atoms with Crippen LogP contribution in [0.25, 0.3) is 0 Å². The average Bonchev–Trinajstić information content (AvgIpc) is 3.62. The van der Waals surface area contributed by atoms with Gasteiger partial charge >= 0.3 is 5.97 Å². The molecule has 2 aliphatic carbocycles. The molecule has 1 atom stereocenters. The van der Waals surface area contributed by atoms with Crippen molar-refractivity contribution in [2.75, 3.05) is 26.2 Å². The molecule has 194 valence electrons. The molecule has 1 aromatic rings. The molecule has 0 radical (unpaired) electrons. The van der Waals surface area contributed by atoms with Crippen molar-refractivity contribution in [2.24, 2.45) is 5.41 Å². The molecular formula is C27H36N4O4S. The summed E-state index contributed by atoms with van der Waals surface area (Å²) in [6.07, 6.45) is 11.9. The number of likely N-dealkylation sites (N-methyl/N-ethyl adjacent to an activating group) is 1. The summed E-state index contributed by atoms with van der Waals surface area (Å²) in [5, 5.41) is 20.1. The molecule has 2 aliphatic rings. The minimum atomic E-state index is -0.933. The zero-order valence-corrected chi connectivity index (χ0v) is 21.8. The van der Waals surface area contributed by atoms with Crippen LogP contribution in [0.1, 0.15) is 49.0 Å². The normalized spacial score (nSPS) is 18.2. The standard InChI is InChI=1S/C27H36N4O4S/c1-3-31(16-15-29-36-18-20-9-11-21(12-10-20)26(33)34)23(17-28)24(35-19-27(2)13-14-27)25(32)30-22-7-5-4-6-8-22/h4-7,9-12,17,22,28-29H,3,8,13-16,18-19H2,1-2H3,(H,30,32)(H,33,34)/b24-23-,28-17?. The maximum Gasteiger partial charge on any atom is 0.335 e. The molecule has 3 rings (SSSR count). The fourth-order valence-corrected chi connectivity index (χ4v) is 4.36. The Balaban J connectivity index is 1.59. The largest absolute Gasteiger partial charge is 0.486 e. The van der Waals surface area contributed by atoms with Gasteiger partial charge in [-0.05, 0) is 43.9 Å². The molecule has 36 heavy (non-hydrogen) atoms. The zero-order chi connectivity index (χ0) is 26.0. The highest BCUT2D eigenvalue weighted by Crippen LogP contribution is 2.45. The number of hydrogen-bond acceptors (Lipinski definition) is 7. The van der Waals surface area contributed by atoms with Gasteiger partial charge in [-0.15, -0.1) is 0 Å². The third kappa shape index (κ3) is 8.27. The fourth-order valence-electron chi connectivity index (χ4n) is 3.66. The lowest BCUT2D eigenvalue weighted by Crippen LogP contribution is -2.39. The minimum absolute atomic E-state index is 0.0951. The number of ether oxygens (including phenoxy) is 1. The number of amides is 1. The summed E-state index contributed by atoms with van der Waals surface area (Å²) in [5.41, 5.74) is 1.88. The molecule has 0 saturated heterocycles. The second-order valence-electron chi connectivity index (χ2n) is 9.35. The second kappa shape index (κ2) is 13.3. The summed E-state index contributed by atoms with van der Waals surface area (Å²) in [6.45, 7) is 6.45. The summed E-state index contributed by atoms with van der Waals surface area (Å²) in [5.74, 6) is -0.336. The molecule has 0 spiro atoms. The van der Waals surface area contributed by atoms with Crippen molar-refractivity contribution in [3.8, 4) is 0 Å². The smallest absolute Gasteiger partial charge is 0.335 e. The Hall–Kier alpha value is -3.04. The zero-order valence-electron chi connectivity index (χ0n) is 21.0. The SMILES string of the molecule is CCN(CCNSCc1ccc(C(=O)O)cc1)/C(C=N)=C(\OCC1(C)CC1)C(=O)NC1C=CC=CC1. The lowest BCUT2D eigenvalue weighted by molar-refractivity contribution is -0.121. The average molecular weight is 513 g/mol. The minimum Gasteiger partial charge on any atom is -0.486 e. The van der Waals surface area contributed by atoms with Crippen molar-refractivity contribution in [3.63, 3.8) is 0 Å². The molecule has 4 N–H and O–H groups in total. The van der Waals surface area contributed by atoms with E-state index in [9.17, 15) is 9.59 Å². The summed E-state index contributed by atoms with van der Waals surface area (Å²) < 4.78 is 9.40. The number of aromatic carboxylic acids is 1. The Morgan fingerprint density at radius 1 is 1.28 bits per heavy atom. The van der Waals surface area contributed by atoms with Crippen LogP contribution >= 0.6 is 11.9 Å². The Kier molecular flexibility index (Phi) is 10.2. The van der Waals surface area contributed by atoms with Crippen LogP contribution in [-0.4, -0.2) is 60.4 Å². The third-order valence-corrected chi connectivity index (χ3v) is 7.18. The summed E-state index contributed by atoms with van der Waals surface area (Å²) in [7, 11) is 0. The molecule has 0 aromatic heterocycles. The van der Waals surface area contributed by atoms with Gasteiger partial charge in [-0.2, -0.15) is 0 Å². The van der Waals surface area contributed by atoms with E-state index in [0.29, 0.717) is 37.7 Å². The van der Waals surface area contributed by atoms with Gasteiger partial charge in [0.05, 0.1) is 18.2 Å². The first-order valence-electron chi connectivity index (χ1n) is 12.3. The van der Waals surface area contributed by atoms with E-state index in [4.69, 9.17) is 15.3 Å². The van der Waals surface area contributed by atoms with Gasteiger partial charge in [-0.1, -0.05) is 55.3 Å². The first kappa shape index (κ1) is 27.5. The predicted octanol–water partition coefficient (Wildman–Crippen LogP) is 4.12. The molecule has 1 amide bonds. The van der Waals surface area contributed by atoms with Gasteiger partial charge in [0, 0.05) is 37.0 Å². The number of carbonyl (C=O) groups is 2. The summed E-state index contributed by atoms with van der Waals surface area (Å²) in [6, 6.07) is 6.74. The van der Waals surface area contributed by atoms with E-state index in [-0.39, 0.29) is 28.7 Å². The van der Waals surface area contributed by atoms with E-state index in [1.165, 1.54) is 18.2 Å². The Labute approximate surface area is 217 Å². The van der Waals surface area contributed by atoms with Gasteiger partial charge < -0.3 is 25.5 Å². The third-order valence-electron chi connectivity index (χ3n) is 6.29. The Bertz CT molecular complexity index is 1020. The van der Waals surface area contributed by atoms with Crippen molar-refractivity contribution in [1.29, 1.82) is 5.41 Å². The van der Waals surface area contributed by atoms with Crippen molar-refractivity contribution in [1.82, 2.24) is 14.9 Å². The number of carboxylic acids is 1. The van der Waals surface area contributed by atoms with Crippen LogP contribution in [0.2, 0.25) is 0 Å². The van der Waals surface area contributed by atoms with Gasteiger partial charge in [0.1, 0.15) is 5.70 Å². The lowest BCUT2D eigenvalue weighted by Gasteiger charge is -2.27. The number of hydrogen-bond donors (Lipinski definition) is 4. The molecule has 1 fully saturated rings. The van der Waals surface area contributed by atoms with Gasteiger partial charge in [-0.25, -0.2) is 4.79 Å². The number of nitrogens with one attached hydrogen (secondary N) is 3. The number of allylic oxidation sites excluding steroid dienone is 3. The number of benzene rings is 1.